The lowest BCUT2D eigenvalue weighted by Gasteiger charge is -2.35. The Morgan fingerprint density at radius 3 is 2.57 bits per heavy atom. The largest absolute Gasteiger partial charge is 0.369 e. The second kappa shape index (κ2) is 7.81. The van der Waals surface area contributed by atoms with Crippen molar-refractivity contribution in [1.82, 2.24) is 5.32 Å². The van der Waals surface area contributed by atoms with Crippen molar-refractivity contribution >= 4 is 21.4 Å². The minimum atomic E-state index is -3.15. The average molecular weight is 338 g/mol. The van der Waals surface area contributed by atoms with Crippen LogP contribution in [-0.4, -0.2) is 39.2 Å². The molecule has 1 aliphatic heterocycles. The molecule has 0 saturated carbocycles. The topological polar surface area (TPSA) is 66.5 Å². The van der Waals surface area contributed by atoms with Gasteiger partial charge in [-0.2, -0.15) is 0 Å². The van der Waals surface area contributed by atoms with Crippen LogP contribution >= 0.6 is 0 Å². The summed E-state index contributed by atoms with van der Waals surface area (Å²) in [4.78, 5) is 14.3. The molecular weight excluding hydrogens is 312 g/mol. The van der Waals surface area contributed by atoms with E-state index in [1.165, 1.54) is 0 Å². The standard InChI is InChI=1S/C17H26N2O3S/c1-3-6-17(20)18-14-7-5-12-19(13-14)15-8-10-16(11-9-15)23(21,22)4-2/h8-11,14H,3-7,12-13H2,1-2H3,(H,18,20)/t14-/m1/s1. The molecule has 5 nitrogen and oxygen atoms in total. The summed E-state index contributed by atoms with van der Waals surface area (Å²) in [5, 5.41) is 3.09. The first kappa shape index (κ1) is 17.8. The van der Waals surface area contributed by atoms with Gasteiger partial charge in [-0.25, -0.2) is 8.42 Å². The molecule has 1 aromatic carbocycles. The summed E-state index contributed by atoms with van der Waals surface area (Å²) in [7, 11) is -3.15. The third-order valence-corrected chi connectivity index (χ3v) is 5.96. The van der Waals surface area contributed by atoms with Gasteiger partial charge < -0.3 is 10.2 Å². The van der Waals surface area contributed by atoms with Crippen LogP contribution in [0.15, 0.2) is 29.2 Å². The van der Waals surface area contributed by atoms with Gasteiger partial charge in [-0.15, -0.1) is 0 Å². The first-order chi connectivity index (χ1) is 11.0. The van der Waals surface area contributed by atoms with Gasteiger partial charge in [0.1, 0.15) is 0 Å². The van der Waals surface area contributed by atoms with Crippen molar-refractivity contribution in [3.8, 4) is 0 Å². The van der Waals surface area contributed by atoms with Crippen LogP contribution in [0.4, 0.5) is 5.69 Å². The Kier molecular flexibility index (Phi) is 6.04. The van der Waals surface area contributed by atoms with E-state index in [2.05, 4.69) is 10.2 Å². The van der Waals surface area contributed by atoms with Gasteiger partial charge in [-0.1, -0.05) is 13.8 Å². The molecule has 1 saturated heterocycles. The molecule has 0 bridgehead atoms. The molecule has 1 fully saturated rings. The van der Waals surface area contributed by atoms with Crippen LogP contribution in [0.3, 0.4) is 0 Å². The number of nitrogens with zero attached hydrogens (tertiary/aromatic N) is 1. The SMILES string of the molecule is CCCC(=O)N[C@@H]1CCCN(c2ccc(S(=O)(=O)CC)cc2)C1. The van der Waals surface area contributed by atoms with Crippen LogP contribution in [0.5, 0.6) is 0 Å². The van der Waals surface area contributed by atoms with E-state index in [0.717, 1.165) is 38.0 Å². The van der Waals surface area contributed by atoms with Crippen LogP contribution in [0.1, 0.15) is 39.5 Å². The number of hydrogen-bond donors (Lipinski definition) is 1. The number of benzene rings is 1. The van der Waals surface area contributed by atoms with Gasteiger partial charge in [0.15, 0.2) is 9.84 Å². The van der Waals surface area contributed by atoms with Gasteiger partial charge in [0, 0.05) is 31.2 Å². The summed E-state index contributed by atoms with van der Waals surface area (Å²) in [6.45, 7) is 5.35. The summed E-state index contributed by atoms with van der Waals surface area (Å²) >= 11 is 0. The molecule has 1 heterocycles. The summed E-state index contributed by atoms with van der Waals surface area (Å²) in [5.74, 6) is 0.227. The summed E-state index contributed by atoms with van der Waals surface area (Å²) in [6.07, 6.45) is 3.44. The number of anilines is 1. The zero-order valence-corrected chi connectivity index (χ0v) is 14.7. The highest BCUT2D eigenvalue weighted by atomic mass is 32.2. The van der Waals surface area contributed by atoms with Crippen molar-refractivity contribution in [2.24, 2.45) is 0 Å². The second-order valence-corrected chi connectivity index (χ2v) is 8.28. The van der Waals surface area contributed by atoms with Crippen molar-refractivity contribution < 1.29 is 13.2 Å². The van der Waals surface area contributed by atoms with Gasteiger partial charge in [-0.05, 0) is 43.5 Å². The molecule has 0 spiro atoms. The monoisotopic (exact) mass is 338 g/mol. The maximum Gasteiger partial charge on any atom is 0.220 e. The number of carbonyl (C=O) groups excluding carboxylic acids is 1. The van der Waals surface area contributed by atoms with Crippen molar-refractivity contribution in [2.45, 2.75) is 50.5 Å². The average Bonchev–Trinajstić information content (AvgIpc) is 2.55. The molecule has 2 rings (SSSR count). The lowest BCUT2D eigenvalue weighted by atomic mass is 10.0. The Labute approximate surface area is 139 Å². The molecule has 0 aromatic heterocycles. The number of sulfone groups is 1. The first-order valence-electron chi connectivity index (χ1n) is 8.33. The molecule has 1 atom stereocenters. The van der Waals surface area contributed by atoms with Gasteiger partial charge in [-0.3, -0.25) is 4.79 Å². The van der Waals surface area contributed by atoms with E-state index < -0.39 is 9.84 Å². The molecule has 128 valence electrons. The Hall–Kier alpha value is -1.56. The van der Waals surface area contributed by atoms with Crippen molar-refractivity contribution in [3.63, 3.8) is 0 Å². The number of carbonyl (C=O) groups is 1. The molecule has 6 heteroatoms. The van der Waals surface area contributed by atoms with Gasteiger partial charge in [0.05, 0.1) is 10.6 Å². The van der Waals surface area contributed by atoms with Crippen molar-refractivity contribution in [1.29, 1.82) is 0 Å². The quantitative estimate of drug-likeness (QED) is 0.865. The normalized spacial score (nSPS) is 18.7. The Bertz CT molecular complexity index is 626. The lowest BCUT2D eigenvalue weighted by Crippen LogP contribution is -2.47. The highest BCUT2D eigenvalue weighted by Crippen LogP contribution is 2.22. The van der Waals surface area contributed by atoms with Gasteiger partial charge in [0.25, 0.3) is 0 Å². The minimum Gasteiger partial charge on any atom is -0.369 e. The molecular formula is C17H26N2O3S. The second-order valence-electron chi connectivity index (χ2n) is 6.00. The molecule has 1 aromatic rings. The fourth-order valence-corrected chi connectivity index (χ4v) is 3.77. The predicted octanol–water partition coefficient (Wildman–Crippen LogP) is 2.37. The Morgan fingerprint density at radius 2 is 1.96 bits per heavy atom. The first-order valence-corrected chi connectivity index (χ1v) is 9.98. The number of amides is 1. The Balaban J connectivity index is 2.02. The Morgan fingerprint density at radius 1 is 1.26 bits per heavy atom. The fourth-order valence-electron chi connectivity index (χ4n) is 2.89. The van der Waals surface area contributed by atoms with Crippen LogP contribution < -0.4 is 10.2 Å². The zero-order chi connectivity index (χ0) is 16.9. The number of nitrogens with one attached hydrogen (secondary N) is 1. The predicted molar refractivity (Wildman–Crippen MR) is 92.5 cm³/mol. The highest BCUT2D eigenvalue weighted by molar-refractivity contribution is 7.91. The van der Waals surface area contributed by atoms with Gasteiger partial charge >= 0.3 is 0 Å². The van der Waals surface area contributed by atoms with Gasteiger partial charge in [0.2, 0.25) is 5.91 Å². The van der Waals surface area contributed by atoms with Crippen LogP contribution in [-0.2, 0) is 14.6 Å². The van der Waals surface area contributed by atoms with Crippen LogP contribution in [0.2, 0.25) is 0 Å². The third kappa shape index (κ3) is 4.70. The van der Waals surface area contributed by atoms with E-state index in [-0.39, 0.29) is 17.7 Å². The van der Waals surface area contributed by atoms with Crippen molar-refractivity contribution in [2.75, 3.05) is 23.7 Å². The molecule has 1 aliphatic rings. The smallest absolute Gasteiger partial charge is 0.220 e. The molecule has 1 amide bonds. The van der Waals surface area contributed by atoms with E-state index >= 15 is 0 Å². The van der Waals surface area contributed by atoms with Crippen LogP contribution in [0, 0.1) is 0 Å². The number of hydrogen-bond acceptors (Lipinski definition) is 4. The number of piperidine rings is 1. The molecule has 0 aliphatic carbocycles. The van der Waals surface area contributed by atoms with E-state index in [0.29, 0.717) is 11.3 Å². The summed E-state index contributed by atoms with van der Waals surface area (Å²) < 4.78 is 23.7. The molecule has 0 unspecified atom stereocenters. The third-order valence-electron chi connectivity index (χ3n) is 4.20. The minimum absolute atomic E-state index is 0.113. The van der Waals surface area contributed by atoms with E-state index in [1.54, 1.807) is 19.1 Å². The van der Waals surface area contributed by atoms with E-state index in [9.17, 15) is 13.2 Å². The zero-order valence-electron chi connectivity index (χ0n) is 13.9. The molecule has 0 radical (unpaired) electrons. The lowest BCUT2D eigenvalue weighted by molar-refractivity contribution is -0.121. The van der Waals surface area contributed by atoms with Crippen molar-refractivity contribution in [3.05, 3.63) is 24.3 Å². The molecule has 1 N–H and O–H groups in total. The van der Waals surface area contributed by atoms with E-state index in [1.807, 2.05) is 19.1 Å². The maximum atomic E-state index is 11.9. The maximum absolute atomic E-state index is 11.9. The summed E-state index contributed by atoms with van der Waals surface area (Å²) in [6, 6.07) is 7.24. The fraction of sp³-hybridized carbons (Fsp3) is 0.588. The summed E-state index contributed by atoms with van der Waals surface area (Å²) in [5.41, 5.74) is 1.01. The van der Waals surface area contributed by atoms with E-state index in [4.69, 9.17) is 0 Å². The number of rotatable bonds is 6. The molecule has 23 heavy (non-hydrogen) atoms. The highest BCUT2D eigenvalue weighted by Gasteiger charge is 2.22. The van der Waals surface area contributed by atoms with Crippen LogP contribution in [0.25, 0.3) is 0 Å².